The van der Waals surface area contributed by atoms with E-state index < -0.39 is 0 Å². The van der Waals surface area contributed by atoms with E-state index in [1.54, 1.807) is 6.07 Å². The maximum Gasteiger partial charge on any atom is 0.143 e. The number of nitrogens with two attached hydrogens (primary N) is 1. The molecule has 0 aliphatic heterocycles. The van der Waals surface area contributed by atoms with E-state index in [1.165, 1.54) is 25.3 Å². The lowest BCUT2D eigenvalue weighted by atomic mass is 9.98. The van der Waals surface area contributed by atoms with Crippen molar-refractivity contribution in [1.82, 2.24) is 0 Å². The minimum atomic E-state index is -0.353. The number of rotatable bonds is 2. The van der Waals surface area contributed by atoms with Crippen molar-refractivity contribution in [3.8, 4) is 5.75 Å². The molecule has 0 spiro atoms. The number of hydrogen-bond donors (Lipinski definition) is 1. The molecule has 1 aliphatic rings. The molecule has 1 aromatic carbocycles. The molecule has 16 heavy (non-hydrogen) atoms. The van der Waals surface area contributed by atoms with E-state index in [-0.39, 0.29) is 11.9 Å². The molecular formula is C12H15BrFNO. The van der Waals surface area contributed by atoms with Gasteiger partial charge in [-0.2, -0.15) is 0 Å². The van der Waals surface area contributed by atoms with E-state index >= 15 is 0 Å². The molecule has 2 rings (SSSR count). The van der Waals surface area contributed by atoms with Crippen molar-refractivity contribution in [3.05, 3.63) is 22.4 Å². The molecule has 4 heteroatoms. The van der Waals surface area contributed by atoms with E-state index in [2.05, 4.69) is 15.9 Å². The van der Waals surface area contributed by atoms with Crippen LogP contribution in [0.1, 0.15) is 32.1 Å². The minimum absolute atomic E-state index is 0.230. The lowest BCUT2D eigenvalue weighted by Crippen LogP contribution is -2.20. The molecule has 1 aromatic rings. The number of benzene rings is 1. The Kier molecular flexibility index (Phi) is 3.69. The summed E-state index contributed by atoms with van der Waals surface area (Å²) in [7, 11) is 0. The van der Waals surface area contributed by atoms with Crippen LogP contribution in [0.4, 0.5) is 10.1 Å². The standard InChI is InChI=1S/C12H15BrFNO/c13-9-6-12(11(15)7-10(9)14)16-8-4-2-1-3-5-8/h6-8H,1-5,15H2. The second-order valence-electron chi connectivity index (χ2n) is 4.18. The van der Waals surface area contributed by atoms with Crippen LogP contribution in [0.2, 0.25) is 0 Å². The highest BCUT2D eigenvalue weighted by Gasteiger charge is 2.16. The maximum atomic E-state index is 13.2. The molecule has 2 nitrogen and oxygen atoms in total. The lowest BCUT2D eigenvalue weighted by molar-refractivity contribution is 0.156. The summed E-state index contributed by atoms with van der Waals surface area (Å²) >= 11 is 3.13. The lowest BCUT2D eigenvalue weighted by Gasteiger charge is -2.23. The van der Waals surface area contributed by atoms with Gasteiger partial charge in [0.25, 0.3) is 0 Å². The van der Waals surface area contributed by atoms with E-state index in [1.807, 2.05) is 0 Å². The predicted octanol–water partition coefficient (Wildman–Crippen LogP) is 3.88. The van der Waals surface area contributed by atoms with Crippen molar-refractivity contribution in [2.45, 2.75) is 38.2 Å². The third-order valence-corrected chi connectivity index (χ3v) is 3.51. The molecule has 88 valence electrons. The van der Waals surface area contributed by atoms with E-state index in [0.717, 1.165) is 12.8 Å². The van der Waals surface area contributed by atoms with Gasteiger partial charge in [0, 0.05) is 6.07 Å². The summed E-state index contributed by atoms with van der Waals surface area (Å²) in [6.45, 7) is 0. The largest absolute Gasteiger partial charge is 0.488 e. The highest BCUT2D eigenvalue weighted by atomic mass is 79.9. The van der Waals surface area contributed by atoms with Crippen molar-refractivity contribution < 1.29 is 9.13 Å². The first-order chi connectivity index (χ1) is 7.66. The number of hydrogen-bond acceptors (Lipinski definition) is 2. The highest BCUT2D eigenvalue weighted by Crippen LogP contribution is 2.31. The van der Waals surface area contributed by atoms with Crippen LogP contribution in [0.25, 0.3) is 0 Å². The molecule has 1 fully saturated rings. The molecule has 0 amide bonds. The van der Waals surface area contributed by atoms with Gasteiger partial charge in [-0.3, -0.25) is 0 Å². The topological polar surface area (TPSA) is 35.2 Å². The van der Waals surface area contributed by atoms with Crippen LogP contribution < -0.4 is 10.5 Å². The SMILES string of the molecule is Nc1cc(F)c(Br)cc1OC1CCCCC1. The first-order valence-electron chi connectivity index (χ1n) is 5.58. The number of halogens is 2. The van der Waals surface area contributed by atoms with Gasteiger partial charge in [-0.25, -0.2) is 4.39 Å². The van der Waals surface area contributed by atoms with Gasteiger partial charge in [0.05, 0.1) is 16.3 Å². The zero-order valence-electron chi connectivity index (χ0n) is 9.01. The molecule has 0 atom stereocenters. The zero-order valence-corrected chi connectivity index (χ0v) is 10.6. The van der Waals surface area contributed by atoms with Crippen molar-refractivity contribution >= 4 is 21.6 Å². The quantitative estimate of drug-likeness (QED) is 0.838. The number of nitrogen functional groups attached to an aromatic ring is 1. The van der Waals surface area contributed by atoms with Crippen molar-refractivity contribution in [1.29, 1.82) is 0 Å². The summed E-state index contributed by atoms with van der Waals surface area (Å²) in [5.41, 5.74) is 6.09. The summed E-state index contributed by atoms with van der Waals surface area (Å²) < 4.78 is 19.4. The molecule has 1 aliphatic carbocycles. The Morgan fingerprint density at radius 3 is 2.62 bits per heavy atom. The van der Waals surface area contributed by atoms with Gasteiger partial charge in [-0.05, 0) is 47.7 Å². The second-order valence-corrected chi connectivity index (χ2v) is 5.04. The fourth-order valence-electron chi connectivity index (χ4n) is 2.01. The van der Waals surface area contributed by atoms with Crippen LogP contribution in [-0.4, -0.2) is 6.10 Å². The van der Waals surface area contributed by atoms with Crippen LogP contribution in [0, 0.1) is 5.82 Å². The molecule has 0 heterocycles. The molecule has 0 radical (unpaired) electrons. The van der Waals surface area contributed by atoms with Gasteiger partial charge in [0.1, 0.15) is 11.6 Å². The Morgan fingerprint density at radius 1 is 1.25 bits per heavy atom. The third-order valence-electron chi connectivity index (χ3n) is 2.90. The number of anilines is 1. The normalized spacial score (nSPS) is 17.4. The van der Waals surface area contributed by atoms with E-state index in [0.29, 0.717) is 15.9 Å². The summed E-state index contributed by atoms with van der Waals surface area (Å²) in [6.07, 6.45) is 6.04. The van der Waals surface area contributed by atoms with E-state index in [9.17, 15) is 4.39 Å². The zero-order chi connectivity index (χ0) is 11.5. The summed E-state index contributed by atoms with van der Waals surface area (Å²) in [5.74, 6) is 0.230. The van der Waals surface area contributed by atoms with Crippen LogP contribution in [-0.2, 0) is 0 Å². The smallest absolute Gasteiger partial charge is 0.143 e. The molecular weight excluding hydrogens is 273 g/mol. The predicted molar refractivity (Wildman–Crippen MR) is 66.0 cm³/mol. The Bertz CT molecular complexity index is 378. The van der Waals surface area contributed by atoms with Gasteiger partial charge in [-0.1, -0.05) is 6.42 Å². The minimum Gasteiger partial charge on any atom is -0.488 e. The Balaban J connectivity index is 2.11. The molecule has 0 aromatic heterocycles. The van der Waals surface area contributed by atoms with Crippen molar-refractivity contribution in [2.24, 2.45) is 0 Å². The molecule has 1 saturated carbocycles. The van der Waals surface area contributed by atoms with Gasteiger partial charge >= 0.3 is 0 Å². The number of ether oxygens (including phenoxy) is 1. The summed E-state index contributed by atoms with van der Waals surface area (Å²) in [4.78, 5) is 0. The van der Waals surface area contributed by atoms with Crippen molar-refractivity contribution in [3.63, 3.8) is 0 Å². The maximum absolute atomic E-state index is 13.2. The monoisotopic (exact) mass is 287 g/mol. The molecule has 0 unspecified atom stereocenters. The first-order valence-corrected chi connectivity index (χ1v) is 6.37. The average molecular weight is 288 g/mol. The highest BCUT2D eigenvalue weighted by molar-refractivity contribution is 9.10. The third kappa shape index (κ3) is 2.67. The van der Waals surface area contributed by atoms with Gasteiger partial charge in [-0.15, -0.1) is 0 Å². The Morgan fingerprint density at radius 2 is 1.94 bits per heavy atom. The Labute approximate surface area is 103 Å². The second kappa shape index (κ2) is 5.04. The van der Waals surface area contributed by atoms with Crippen LogP contribution in [0.5, 0.6) is 5.75 Å². The summed E-state index contributed by atoms with van der Waals surface area (Å²) in [5, 5.41) is 0. The fourth-order valence-corrected chi connectivity index (χ4v) is 2.33. The van der Waals surface area contributed by atoms with Gasteiger partial charge in [0.2, 0.25) is 0 Å². The van der Waals surface area contributed by atoms with Crippen LogP contribution in [0.15, 0.2) is 16.6 Å². The first kappa shape index (κ1) is 11.7. The molecule has 0 bridgehead atoms. The van der Waals surface area contributed by atoms with Crippen LogP contribution in [0.3, 0.4) is 0 Å². The van der Waals surface area contributed by atoms with Gasteiger partial charge < -0.3 is 10.5 Å². The van der Waals surface area contributed by atoms with Crippen molar-refractivity contribution in [2.75, 3.05) is 5.73 Å². The van der Waals surface area contributed by atoms with Crippen LogP contribution >= 0.6 is 15.9 Å². The van der Waals surface area contributed by atoms with Gasteiger partial charge in [0.15, 0.2) is 0 Å². The summed E-state index contributed by atoms with van der Waals surface area (Å²) in [6, 6.07) is 2.90. The Hall–Kier alpha value is -0.770. The average Bonchev–Trinajstić information content (AvgIpc) is 2.27. The van der Waals surface area contributed by atoms with E-state index in [4.69, 9.17) is 10.5 Å². The molecule has 0 saturated heterocycles. The molecule has 2 N–H and O–H groups in total. The fraction of sp³-hybridized carbons (Fsp3) is 0.500.